The van der Waals surface area contributed by atoms with Crippen LogP contribution in [0.1, 0.15) is 27.2 Å². The monoisotopic (exact) mass is 203 g/mol. The molecule has 0 atom stereocenters. The number of hydrogen-bond acceptors (Lipinski definition) is 4. The molecule has 0 saturated heterocycles. The van der Waals surface area contributed by atoms with Crippen molar-refractivity contribution in [2.24, 2.45) is 0 Å². The van der Waals surface area contributed by atoms with Crippen molar-refractivity contribution < 1.29 is 14.3 Å². The fraction of sp³-hybridized carbons (Fsp3) is 0.900. The van der Waals surface area contributed by atoms with Gasteiger partial charge in [0.1, 0.15) is 12.1 Å². The van der Waals surface area contributed by atoms with E-state index in [0.717, 1.165) is 6.42 Å². The second-order valence-corrected chi connectivity index (χ2v) is 3.62. The first-order chi connectivity index (χ1) is 6.54. The molecular weight excluding hydrogens is 182 g/mol. The zero-order valence-corrected chi connectivity index (χ0v) is 9.55. The second-order valence-electron chi connectivity index (χ2n) is 3.62. The molecule has 0 rings (SSSR count). The highest BCUT2D eigenvalue weighted by Gasteiger charge is 2.26. The molecule has 0 aromatic rings. The van der Waals surface area contributed by atoms with Gasteiger partial charge in [-0.3, -0.25) is 4.79 Å². The van der Waals surface area contributed by atoms with E-state index in [-0.39, 0.29) is 5.97 Å². The summed E-state index contributed by atoms with van der Waals surface area (Å²) in [5.41, 5.74) is -0.620. The lowest BCUT2D eigenvalue weighted by Gasteiger charge is -2.21. The van der Waals surface area contributed by atoms with Crippen LogP contribution in [-0.2, 0) is 14.3 Å². The van der Waals surface area contributed by atoms with Crippen LogP contribution in [0.3, 0.4) is 0 Å². The summed E-state index contributed by atoms with van der Waals surface area (Å²) in [7, 11) is 1.73. The van der Waals surface area contributed by atoms with Crippen molar-refractivity contribution >= 4 is 5.97 Å². The molecule has 0 bridgehead atoms. The van der Waals surface area contributed by atoms with Gasteiger partial charge >= 0.3 is 5.97 Å². The van der Waals surface area contributed by atoms with Gasteiger partial charge in [0.05, 0.1) is 6.61 Å². The lowest BCUT2D eigenvalue weighted by molar-refractivity contribution is -0.151. The van der Waals surface area contributed by atoms with Crippen molar-refractivity contribution in [2.45, 2.75) is 32.7 Å². The predicted molar refractivity (Wildman–Crippen MR) is 55.2 cm³/mol. The minimum absolute atomic E-state index is 0.250. The van der Waals surface area contributed by atoms with E-state index in [0.29, 0.717) is 19.8 Å². The van der Waals surface area contributed by atoms with E-state index >= 15 is 0 Å². The molecule has 4 heteroatoms. The third-order valence-corrected chi connectivity index (χ3v) is 1.94. The topological polar surface area (TPSA) is 47.6 Å². The summed E-state index contributed by atoms with van der Waals surface area (Å²) in [6, 6.07) is 0. The number of nitrogens with one attached hydrogen (secondary N) is 1. The maximum atomic E-state index is 11.4. The Morgan fingerprint density at radius 3 is 2.43 bits per heavy atom. The van der Waals surface area contributed by atoms with Gasteiger partial charge in [0.25, 0.3) is 0 Å². The maximum absolute atomic E-state index is 11.4. The Morgan fingerprint density at radius 2 is 1.93 bits per heavy atom. The Balaban J connectivity index is 3.54. The normalized spacial score (nSPS) is 11.4. The van der Waals surface area contributed by atoms with Crippen LogP contribution in [0.25, 0.3) is 0 Å². The number of carbonyl (C=O) groups is 1. The van der Waals surface area contributed by atoms with E-state index in [2.05, 4.69) is 5.32 Å². The first-order valence-electron chi connectivity index (χ1n) is 4.98. The average molecular weight is 203 g/mol. The molecule has 84 valence electrons. The molecule has 0 aromatic heterocycles. The summed E-state index contributed by atoms with van der Waals surface area (Å²) < 4.78 is 10.2. The van der Waals surface area contributed by atoms with Crippen LogP contribution in [0.5, 0.6) is 0 Å². The van der Waals surface area contributed by atoms with Gasteiger partial charge in [0, 0.05) is 6.61 Å². The SMILES string of the molecule is CCCOCCOC(=O)C(C)(C)NC. The van der Waals surface area contributed by atoms with Crippen LogP contribution in [-0.4, -0.2) is 38.4 Å². The first kappa shape index (κ1) is 13.4. The molecule has 0 aliphatic rings. The molecule has 0 radical (unpaired) electrons. The Bertz CT molecular complexity index is 169. The number of likely N-dealkylation sites (N-methyl/N-ethyl adjacent to an activating group) is 1. The number of carbonyl (C=O) groups excluding carboxylic acids is 1. The van der Waals surface area contributed by atoms with Crippen molar-refractivity contribution in [3.05, 3.63) is 0 Å². The first-order valence-corrected chi connectivity index (χ1v) is 4.98. The summed E-state index contributed by atoms with van der Waals surface area (Å²) in [6.45, 7) is 7.11. The molecule has 1 N–H and O–H groups in total. The van der Waals surface area contributed by atoms with Crippen molar-refractivity contribution in [3.8, 4) is 0 Å². The fourth-order valence-corrected chi connectivity index (χ4v) is 0.722. The smallest absolute Gasteiger partial charge is 0.325 e. The van der Waals surface area contributed by atoms with Gasteiger partial charge in [-0.2, -0.15) is 0 Å². The average Bonchev–Trinajstić information content (AvgIpc) is 2.17. The van der Waals surface area contributed by atoms with Crippen LogP contribution in [0, 0.1) is 0 Å². The molecule has 0 amide bonds. The van der Waals surface area contributed by atoms with E-state index in [1.165, 1.54) is 0 Å². The summed E-state index contributed by atoms with van der Waals surface area (Å²) >= 11 is 0. The maximum Gasteiger partial charge on any atom is 0.325 e. The van der Waals surface area contributed by atoms with Gasteiger partial charge in [0.15, 0.2) is 0 Å². The molecular formula is C10H21NO3. The number of ether oxygens (including phenoxy) is 2. The molecule has 0 fully saturated rings. The van der Waals surface area contributed by atoms with E-state index < -0.39 is 5.54 Å². The van der Waals surface area contributed by atoms with E-state index in [1.54, 1.807) is 20.9 Å². The minimum Gasteiger partial charge on any atom is -0.462 e. The molecule has 0 spiro atoms. The van der Waals surface area contributed by atoms with E-state index in [1.807, 2.05) is 6.92 Å². The summed E-state index contributed by atoms with van der Waals surface area (Å²) in [5, 5.41) is 2.88. The van der Waals surface area contributed by atoms with Crippen molar-refractivity contribution in [2.75, 3.05) is 26.9 Å². The lowest BCUT2D eigenvalue weighted by Crippen LogP contribution is -2.45. The van der Waals surface area contributed by atoms with Crippen LogP contribution in [0.4, 0.5) is 0 Å². The number of esters is 1. The molecule has 14 heavy (non-hydrogen) atoms. The highest BCUT2D eigenvalue weighted by Crippen LogP contribution is 2.03. The minimum atomic E-state index is -0.620. The zero-order chi connectivity index (χ0) is 11.0. The van der Waals surface area contributed by atoms with Gasteiger partial charge in [0.2, 0.25) is 0 Å². The molecule has 0 aliphatic heterocycles. The van der Waals surface area contributed by atoms with Crippen molar-refractivity contribution in [1.82, 2.24) is 5.32 Å². The lowest BCUT2D eigenvalue weighted by atomic mass is 10.1. The highest BCUT2D eigenvalue weighted by atomic mass is 16.6. The van der Waals surface area contributed by atoms with Crippen molar-refractivity contribution in [1.29, 1.82) is 0 Å². The Hall–Kier alpha value is -0.610. The standard InChI is InChI=1S/C10H21NO3/c1-5-6-13-7-8-14-9(12)10(2,3)11-4/h11H,5-8H2,1-4H3. The molecule has 0 unspecified atom stereocenters. The molecule has 0 aliphatic carbocycles. The summed E-state index contributed by atoms with van der Waals surface area (Å²) in [4.78, 5) is 11.4. The largest absolute Gasteiger partial charge is 0.462 e. The number of hydrogen-bond donors (Lipinski definition) is 1. The third kappa shape index (κ3) is 5.19. The highest BCUT2D eigenvalue weighted by molar-refractivity contribution is 5.79. The fourth-order valence-electron chi connectivity index (χ4n) is 0.722. The second kappa shape index (κ2) is 6.79. The Labute approximate surface area is 86.0 Å². The van der Waals surface area contributed by atoms with Crippen LogP contribution in [0.15, 0.2) is 0 Å². The third-order valence-electron chi connectivity index (χ3n) is 1.94. The van der Waals surface area contributed by atoms with Gasteiger partial charge in [-0.05, 0) is 27.3 Å². The van der Waals surface area contributed by atoms with E-state index in [9.17, 15) is 4.79 Å². The Morgan fingerprint density at radius 1 is 1.29 bits per heavy atom. The molecule has 0 saturated carbocycles. The van der Waals surface area contributed by atoms with Crippen LogP contribution in [0.2, 0.25) is 0 Å². The Kier molecular flexibility index (Phi) is 6.49. The number of rotatable bonds is 7. The molecule has 4 nitrogen and oxygen atoms in total. The van der Waals surface area contributed by atoms with E-state index in [4.69, 9.17) is 9.47 Å². The molecule has 0 heterocycles. The van der Waals surface area contributed by atoms with Gasteiger partial charge in [-0.1, -0.05) is 6.92 Å². The molecule has 0 aromatic carbocycles. The van der Waals surface area contributed by atoms with Crippen LogP contribution < -0.4 is 5.32 Å². The zero-order valence-electron chi connectivity index (χ0n) is 9.55. The summed E-state index contributed by atoms with van der Waals surface area (Å²) in [6.07, 6.45) is 0.982. The van der Waals surface area contributed by atoms with Gasteiger partial charge < -0.3 is 14.8 Å². The predicted octanol–water partition coefficient (Wildman–Crippen LogP) is 0.954. The quantitative estimate of drug-likeness (QED) is 0.494. The van der Waals surface area contributed by atoms with Gasteiger partial charge in [-0.25, -0.2) is 0 Å². The van der Waals surface area contributed by atoms with Gasteiger partial charge in [-0.15, -0.1) is 0 Å². The van der Waals surface area contributed by atoms with Crippen LogP contribution >= 0.6 is 0 Å². The van der Waals surface area contributed by atoms with Crippen molar-refractivity contribution in [3.63, 3.8) is 0 Å². The summed E-state index contributed by atoms with van der Waals surface area (Å²) in [5.74, 6) is -0.250.